The van der Waals surface area contributed by atoms with Crippen molar-refractivity contribution in [1.29, 1.82) is 0 Å². The molecular formula is C19H23F4N5. The second-order valence-corrected chi connectivity index (χ2v) is 6.85. The van der Waals surface area contributed by atoms with Crippen molar-refractivity contribution in [1.82, 2.24) is 20.0 Å². The van der Waals surface area contributed by atoms with Gasteiger partial charge < -0.3 is 10.2 Å². The number of benzene rings is 1. The molecule has 1 aromatic heterocycles. The normalized spacial score (nSPS) is 18.0. The van der Waals surface area contributed by atoms with E-state index in [1.54, 1.807) is 4.68 Å². The van der Waals surface area contributed by atoms with Gasteiger partial charge in [-0.3, -0.25) is 4.68 Å². The summed E-state index contributed by atoms with van der Waals surface area (Å²) < 4.78 is 54.6. The number of alkyl halides is 3. The van der Waals surface area contributed by atoms with Crippen LogP contribution in [0.4, 0.5) is 17.6 Å². The van der Waals surface area contributed by atoms with Gasteiger partial charge in [0.05, 0.1) is 18.3 Å². The minimum Gasteiger partial charge on any atom is -0.357 e. The number of aromatic nitrogens is 2. The van der Waals surface area contributed by atoms with Crippen LogP contribution in [0.5, 0.6) is 0 Å². The molecule has 1 aliphatic rings. The van der Waals surface area contributed by atoms with Gasteiger partial charge in [-0.05, 0) is 36.6 Å². The molecule has 2 heterocycles. The third-order valence-corrected chi connectivity index (χ3v) is 4.80. The van der Waals surface area contributed by atoms with Gasteiger partial charge in [0, 0.05) is 38.8 Å². The number of aryl methyl sites for hydroxylation is 1. The predicted molar refractivity (Wildman–Crippen MR) is 98.4 cm³/mol. The van der Waals surface area contributed by atoms with Gasteiger partial charge in [0.1, 0.15) is 5.82 Å². The maximum absolute atomic E-state index is 13.3. The zero-order chi connectivity index (χ0) is 20.3. The van der Waals surface area contributed by atoms with Crippen LogP contribution in [0.15, 0.2) is 35.6 Å². The molecule has 2 aromatic rings. The van der Waals surface area contributed by atoms with E-state index in [4.69, 9.17) is 0 Å². The quantitative estimate of drug-likeness (QED) is 0.488. The summed E-state index contributed by atoms with van der Waals surface area (Å²) in [6, 6.07) is 2.70. The summed E-state index contributed by atoms with van der Waals surface area (Å²) in [6.07, 6.45) is 0.115. The van der Waals surface area contributed by atoms with Gasteiger partial charge in [0.15, 0.2) is 5.96 Å². The Labute approximate surface area is 161 Å². The maximum atomic E-state index is 13.3. The SMILES string of the molecule is CCNC(=NCc1ccc(F)cc1C(F)(F)F)N1CCC(c2cnn(C)c2)C1. The summed E-state index contributed by atoms with van der Waals surface area (Å²) in [5, 5.41) is 7.34. The highest BCUT2D eigenvalue weighted by Gasteiger charge is 2.34. The molecule has 5 nitrogen and oxygen atoms in total. The van der Waals surface area contributed by atoms with E-state index in [9.17, 15) is 17.6 Å². The number of likely N-dealkylation sites (tertiary alicyclic amines) is 1. The lowest BCUT2D eigenvalue weighted by Crippen LogP contribution is -2.40. The molecule has 1 atom stereocenters. The zero-order valence-electron chi connectivity index (χ0n) is 15.8. The Balaban J connectivity index is 1.77. The number of hydrogen-bond donors (Lipinski definition) is 1. The molecule has 0 spiro atoms. The number of guanidine groups is 1. The Morgan fingerprint density at radius 3 is 2.79 bits per heavy atom. The van der Waals surface area contributed by atoms with Crippen molar-refractivity contribution in [3.63, 3.8) is 0 Å². The molecule has 0 amide bonds. The first-order valence-corrected chi connectivity index (χ1v) is 9.15. The van der Waals surface area contributed by atoms with E-state index in [0.29, 0.717) is 31.0 Å². The second kappa shape index (κ2) is 8.20. The lowest BCUT2D eigenvalue weighted by Gasteiger charge is -2.22. The minimum atomic E-state index is -4.62. The summed E-state index contributed by atoms with van der Waals surface area (Å²) in [6.45, 7) is 3.80. The van der Waals surface area contributed by atoms with Gasteiger partial charge in [-0.15, -0.1) is 0 Å². The number of aliphatic imine (C=N–C) groups is 1. The number of nitrogens with one attached hydrogen (secondary N) is 1. The molecule has 3 rings (SSSR count). The molecule has 9 heteroatoms. The lowest BCUT2D eigenvalue weighted by molar-refractivity contribution is -0.138. The fraction of sp³-hybridized carbons (Fsp3) is 0.474. The van der Waals surface area contributed by atoms with E-state index >= 15 is 0 Å². The first kappa shape index (κ1) is 20.2. The van der Waals surface area contributed by atoms with E-state index in [-0.39, 0.29) is 12.1 Å². The molecule has 1 saturated heterocycles. The van der Waals surface area contributed by atoms with Gasteiger partial charge in [0.2, 0.25) is 0 Å². The molecular weight excluding hydrogens is 374 g/mol. The van der Waals surface area contributed by atoms with Crippen LogP contribution in [0, 0.1) is 5.82 Å². The summed E-state index contributed by atoms with van der Waals surface area (Å²) >= 11 is 0. The Hall–Kier alpha value is -2.58. The third kappa shape index (κ3) is 4.63. The third-order valence-electron chi connectivity index (χ3n) is 4.80. The number of halogens is 4. The standard InChI is InChI=1S/C19H23F4N5/c1-3-24-18(28-7-6-14(12-28)15-10-26-27(2)11-15)25-9-13-4-5-16(20)8-17(13)19(21,22)23/h4-5,8,10-11,14H,3,6-7,9,12H2,1-2H3,(H,24,25). The van der Waals surface area contributed by atoms with E-state index in [0.717, 1.165) is 30.7 Å². The summed E-state index contributed by atoms with van der Waals surface area (Å²) in [5.74, 6) is -0.0498. The van der Waals surface area contributed by atoms with Crippen LogP contribution in [0.1, 0.15) is 36.0 Å². The number of nitrogens with zero attached hydrogens (tertiary/aromatic N) is 4. The van der Waals surface area contributed by atoms with Crippen molar-refractivity contribution in [2.24, 2.45) is 12.0 Å². The van der Waals surface area contributed by atoms with Gasteiger partial charge in [-0.1, -0.05) is 6.07 Å². The zero-order valence-corrected chi connectivity index (χ0v) is 15.8. The highest BCUT2D eigenvalue weighted by Crippen LogP contribution is 2.33. The van der Waals surface area contributed by atoms with Crippen molar-refractivity contribution in [3.05, 3.63) is 53.1 Å². The summed E-state index contributed by atoms with van der Waals surface area (Å²) in [4.78, 5) is 6.43. The predicted octanol–water partition coefficient (Wildman–Crippen LogP) is 3.53. The van der Waals surface area contributed by atoms with Crippen molar-refractivity contribution in [2.45, 2.75) is 32.0 Å². The largest absolute Gasteiger partial charge is 0.416 e. The molecule has 1 aromatic carbocycles. The van der Waals surface area contributed by atoms with Crippen LogP contribution in [0.3, 0.4) is 0 Å². The first-order valence-electron chi connectivity index (χ1n) is 9.15. The highest BCUT2D eigenvalue weighted by atomic mass is 19.4. The van der Waals surface area contributed by atoms with Crippen LogP contribution in [0.25, 0.3) is 0 Å². The van der Waals surface area contributed by atoms with Crippen molar-refractivity contribution in [3.8, 4) is 0 Å². The average Bonchev–Trinajstić information content (AvgIpc) is 3.27. The average molecular weight is 397 g/mol. The molecule has 1 N–H and O–H groups in total. The lowest BCUT2D eigenvalue weighted by atomic mass is 10.0. The van der Waals surface area contributed by atoms with Gasteiger partial charge in [-0.25, -0.2) is 9.38 Å². The van der Waals surface area contributed by atoms with Gasteiger partial charge in [0.25, 0.3) is 0 Å². The van der Waals surface area contributed by atoms with Crippen LogP contribution in [-0.4, -0.2) is 40.3 Å². The van der Waals surface area contributed by atoms with Crippen LogP contribution in [-0.2, 0) is 19.8 Å². The number of rotatable bonds is 4. The van der Waals surface area contributed by atoms with Crippen LogP contribution in [0.2, 0.25) is 0 Å². The monoisotopic (exact) mass is 397 g/mol. The summed E-state index contributed by atoms with van der Waals surface area (Å²) in [5.41, 5.74) is 0.104. The Bertz CT molecular complexity index is 843. The topological polar surface area (TPSA) is 45.5 Å². The van der Waals surface area contributed by atoms with E-state index in [2.05, 4.69) is 15.4 Å². The van der Waals surface area contributed by atoms with Gasteiger partial charge in [-0.2, -0.15) is 18.3 Å². The van der Waals surface area contributed by atoms with Crippen molar-refractivity contribution in [2.75, 3.05) is 19.6 Å². The molecule has 0 bridgehead atoms. The molecule has 1 unspecified atom stereocenters. The maximum Gasteiger partial charge on any atom is 0.416 e. The molecule has 0 radical (unpaired) electrons. The fourth-order valence-corrected chi connectivity index (χ4v) is 3.41. The molecule has 1 aliphatic heterocycles. The van der Waals surface area contributed by atoms with Crippen LogP contribution < -0.4 is 5.32 Å². The van der Waals surface area contributed by atoms with E-state index in [1.807, 2.05) is 31.3 Å². The van der Waals surface area contributed by atoms with E-state index in [1.165, 1.54) is 0 Å². The van der Waals surface area contributed by atoms with Gasteiger partial charge >= 0.3 is 6.18 Å². The Morgan fingerprint density at radius 2 is 2.14 bits per heavy atom. The molecule has 28 heavy (non-hydrogen) atoms. The van der Waals surface area contributed by atoms with Crippen LogP contribution >= 0.6 is 0 Å². The smallest absolute Gasteiger partial charge is 0.357 e. The molecule has 0 saturated carbocycles. The fourth-order valence-electron chi connectivity index (χ4n) is 3.41. The molecule has 1 fully saturated rings. The Morgan fingerprint density at radius 1 is 1.36 bits per heavy atom. The van der Waals surface area contributed by atoms with Crippen molar-refractivity contribution < 1.29 is 17.6 Å². The Kier molecular flexibility index (Phi) is 5.90. The minimum absolute atomic E-state index is 0.0488. The van der Waals surface area contributed by atoms with Crippen molar-refractivity contribution >= 4 is 5.96 Å². The highest BCUT2D eigenvalue weighted by molar-refractivity contribution is 5.80. The molecule has 152 valence electrons. The molecule has 0 aliphatic carbocycles. The number of hydrogen-bond acceptors (Lipinski definition) is 2. The summed E-state index contributed by atoms with van der Waals surface area (Å²) in [7, 11) is 1.86. The second-order valence-electron chi connectivity index (χ2n) is 6.85. The van der Waals surface area contributed by atoms with E-state index < -0.39 is 17.6 Å². The first-order chi connectivity index (χ1) is 13.3.